The van der Waals surface area contributed by atoms with Crippen molar-refractivity contribution in [2.24, 2.45) is 11.8 Å². The number of benzene rings is 1. The van der Waals surface area contributed by atoms with Crippen molar-refractivity contribution >= 4 is 11.8 Å². The molecule has 1 aromatic rings. The van der Waals surface area contributed by atoms with Crippen molar-refractivity contribution in [1.82, 2.24) is 4.90 Å². The number of hydrogen-bond donors (Lipinski definition) is 1. The second-order valence-electron chi connectivity index (χ2n) is 4.98. The van der Waals surface area contributed by atoms with Crippen molar-refractivity contribution in [2.45, 2.75) is 13.0 Å². The molecule has 0 spiro atoms. The molecule has 4 nitrogen and oxygen atoms in total. The van der Waals surface area contributed by atoms with Crippen LogP contribution >= 0.6 is 0 Å². The van der Waals surface area contributed by atoms with Crippen molar-refractivity contribution < 1.29 is 19.1 Å². The minimum absolute atomic E-state index is 0.0236. The van der Waals surface area contributed by atoms with Crippen molar-refractivity contribution in [3.63, 3.8) is 0 Å². The molecule has 1 saturated heterocycles. The molecule has 102 valence electrons. The maximum Gasteiger partial charge on any atom is 0.233 e. The van der Waals surface area contributed by atoms with Crippen LogP contribution in [0.3, 0.4) is 0 Å². The fourth-order valence-corrected chi connectivity index (χ4v) is 2.47. The van der Waals surface area contributed by atoms with Crippen LogP contribution in [0.1, 0.15) is 17.5 Å². The van der Waals surface area contributed by atoms with Gasteiger partial charge in [-0.2, -0.15) is 0 Å². The van der Waals surface area contributed by atoms with Gasteiger partial charge in [0.25, 0.3) is 0 Å². The highest BCUT2D eigenvalue weighted by molar-refractivity contribution is 6.08. The Balaban J connectivity index is 1.78. The van der Waals surface area contributed by atoms with Crippen molar-refractivity contribution in [3.05, 3.63) is 35.1 Å². The molecule has 2 amide bonds. The number of imide groups is 1. The fraction of sp³-hybridized carbons (Fsp3) is 0.333. The van der Waals surface area contributed by atoms with E-state index in [1.807, 2.05) is 0 Å². The van der Waals surface area contributed by atoms with E-state index >= 15 is 0 Å². The number of hydrogen-bond acceptors (Lipinski definition) is 3. The highest BCUT2D eigenvalue weighted by Crippen LogP contribution is 2.47. The molecule has 1 aromatic carbocycles. The predicted octanol–water partition coefficient (Wildman–Crippen LogP) is 0.674. The van der Waals surface area contributed by atoms with Crippen LogP contribution in [0.2, 0.25) is 0 Å². The molecule has 2 aliphatic rings. The minimum Gasteiger partial charge on any atom is -0.384 e. The van der Waals surface area contributed by atoms with E-state index in [4.69, 9.17) is 5.11 Å². The van der Waals surface area contributed by atoms with Crippen LogP contribution < -0.4 is 0 Å². The van der Waals surface area contributed by atoms with Crippen molar-refractivity contribution in [2.75, 3.05) is 6.61 Å². The molecule has 20 heavy (non-hydrogen) atoms. The first-order valence-corrected chi connectivity index (χ1v) is 6.35. The fourth-order valence-electron chi connectivity index (χ4n) is 2.47. The summed E-state index contributed by atoms with van der Waals surface area (Å²) in [7, 11) is 0. The van der Waals surface area contributed by atoms with E-state index in [2.05, 4.69) is 11.8 Å². The third-order valence-corrected chi connectivity index (χ3v) is 3.65. The molecule has 5 heteroatoms. The van der Waals surface area contributed by atoms with Gasteiger partial charge in [-0.3, -0.25) is 14.5 Å². The number of likely N-dealkylation sites (tertiary alicyclic amines) is 1. The van der Waals surface area contributed by atoms with Crippen molar-refractivity contribution in [3.8, 4) is 11.8 Å². The summed E-state index contributed by atoms with van der Waals surface area (Å²) < 4.78 is 13.9. The molecule has 2 fully saturated rings. The lowest BCUT2D eigenvalue weighted by Gasteiger charge is -2.16. The van der Waals surface area contributed by atoms with Gasteiger partial charge in [0.15, 0.2) is 0 Å². The quantitative estimate of drug-likeness (QED) is 0.636. The van der Waals surface area contributed by atoms with E-state index in [-0.39, 0.29) is 36.8 Å². The third kappa shape index (κ3) is 2.08. The average molecular weight is 273 g/mol. The van der Waals surface area contributed by atoms with Crippen LogP contribution in [-0.2, 0) is 16.1 Å². The largest absolute Gasteiger partial charge is 0.384 e. The van der Waals surface area contributed by atoms with Gasteiger partial charge in [0, 0.05) is 11.1 Å². The highest BCUT2D eigenvalue weighted by Gasteiger charge is 2.58. The van der Waals surface area contributed by atoms with Gasteiger partial charge in [-0.25, -0.2) is 4.39 Å². The van der Waals surface area contributed by atoms with Gasteiger partial charge in [-0.15, -0.1) is 0 Å². The Morgan fingerprint density at radius 1 is 1.30 bits per heavy atom. The molecule has 2 unspecified atom stereocenters. The Labute approximate surface area is 115 Å². The monoisotopic (exact) mass is 273 g/mol. The second kappa shape index (κ2) is 4.73. The molecule has 0 radical (unpaired) electrons. The minimum atomic E-state index is -0.504. The van der Waals surface area contributed by atoms with Crippen LogP contribution in [0.4, 0.5) is 4.39 Å². The summed E-state index contributed by atoms with van der Waals surface area (Å²) in [6.07, 6.45) is 0.645. The number of aliphatic hydroxyl groups is 1. The lowest BCUT2D eigenvalue weighted by atomic mass is 10.1. The zero-order valence-electron chi connectivity index (χ0n) is 10.6. The Hall–Kier alpha value is -2.19. The number of piperidine rings is 1. The molecule has 3 rings (SSSR count). The summed E-state index contributed by atoms with van der Waals surface area (Å²) >= 11 is 0. The Bertz CT molecular complexity index is 639. The lowest BCUT2D eigenvalue weighted by molar-refractivity contribution is -0.142. The topological polar surface area (TPSA) is 57.6 Å². The molecule has 1 saturated carbocycles. The van der Waals surface area contributed by atoms with E-state index in [0.717, 1.165) is 4.90 Å². The molecule has 0 aromatic heterocycles. The summed E-state index contributed by atoms with van der Waals surface area (Å²) in [5.41, 5.74) is 0.741. The first-order valence-electron chi connectivity index (χ1n) is 6.35. The molecule has 1 N–H and O–H groups in total. The Morgan fingerprint density at radius 3 is 2.60 bits per heavy atom. The number of rotatable bonds is 2. The smallest absolute Gasteiger partial charge is 0.233 e. The molecule has 1 heterocycles. The van der Waals surface area contributed by atoms with Gasteiger partial charge in [0.1, 0.15) is 12.4 Å². The first kappa shape index (κ1) is 12.8. The predicted molar refractivity (Wildman–Crippen MR) is 67.5 cm³/mol. The number of halogens is 1. The molecular formula is C15H12FNO3. The van der Waals surface area contributed by atoms with Crippen LogP contribution in [-0.4, -0.2) is 28.4 Å². The van der Waals surface area contributed by atoms with Crippen LogP contribution in [0.25, 0.3) is 0 Å². The van der Waals surface area contributed by atoms with E-state index in [0.29, 0.717) is 17.5 Å². The molecule has 1 aliphatic carbocycles. The average Bonchev–Trinajstić information content (AvgIpc) is 3.19. The van der Waals surface area contributed by atoms with E-state index < -0.39 is 5.82 Å². The summed E-state index contributed by atoms with van der Waals surface area (Å²) in [6.45, 7) is -0.312. The van der Waals surface area contributed by atoms with Gasteiger partial charge < -0.3 is 5.11 Å². The third-order valence-electron chi connectivity index (χ3n) is 3.65. The molecule has 0 bridgehead atoms. The number of aliphatic hydroxyl groups excluding tert-OH is 1. The number of fused-ring (bicyclic) bond motifs is 1. The maximum absolute atomic E-state index is 13.9. The van der Waals surface area contributed by atoms with Gasteiger partial charge in [-0.1, -0.05) is 17.9 Å². The van der Waals surface area contributed by atoms with Gasteiger partial charge in [-0.05, 0) is 18.6 Å². The first-order chi connectivity index (χ1) is 9.61. The second-order valence-corrected chi connectivity index (χ2v) is 4.98. The molecule has 1 aliphatic heterocycles. The Morgan fingerprint density at radius 2 is 2.00 bits per heavy atom. The van der Waals surface area contributed by atoms with Crippen molar-refractivity contribution in [1.29, 1.82) is 0 Å². The van der Waals surface area contributed by atoms with Gasteiger partial charge in [0.2, 0.25) is 11.8 Å². The van der Waals surface area contributed by atoms with E-state index in [9.17, 15) is 14.0 Å². The van der Waals surface area contributed by atoms with E-state index in [1.54, 1.807) is 6.07 Å². The SMILES string of the molecule is O=C1C2CC2C(=O)N1Cc1ccc(C#CCO)cc1F. The maximum atomic E-state index is 13.9. The standard InChI is InChI=1S/C15H12FNO3/c16-13-6-9(2-1-5-18)3-4-10(13)8-17-14(19)11-7-12(11)15(17)20/h3-4,6,11-12,18H,5,7-8H2. The zero-order valence-corrected chi connectivity index (χ0v) is 10.6. The van der Waals surface area contributed by atoms with Crippen LogP contribution in [0.5, 0.6) is 0 Å². The summed E-state index contributed by atoms with van der Waals surface area (Å²) in [5, 5.41) is 8.58. The zero-order chi connectivity index (χ0) is 14.3. The highest BCUT2D eigenvalue weighted by atomic mass is 19.1. The van der Waals surface area contributed by atoms with Crippen LogP contribution in [0.15, 0.2) is 18.2 Å². The number of amides is 2. The number of carbonyl (C=O) groups is 2. The normalized spacial score (nSPS) is 23.4. The summed E-state index contributed by atoms with van der Waals surface area (Å²) in [6, 6.07) is 4.36. The number of carbonyl (C=O) groups excluding carboxylic acids is 2. The molecular weight excluding hydrogens is 261 g/mol. The molecule has 2 atom stereocenters. The Kier molecular flexibility index (Phi) is 3.03. The summed E-state index contributed by atoms with van der Waals surface area (Å²) in [4.78, 5) is 24.8. The van der Waals surface area contributed by atoms with Gasteiger partial charge in [0.05, 0.1) is 18.4 Å². The van der Waals surface area contributed by atoms with Crippen LogP contribution in [0, 0.1) is 29.5 Å². The lowest BCUT2D eigenvalue weighted by Crippen LogP contribution is -2.32. The van der Waals surface area contributed by atoms with Gasteiger partial charge >= 0.3 is 0 Å². The van der Waals surface area contributed by atoms with E-state index in [1.165, 1.54) is 12.1 Å². The summed E-state index contributed by atoms with van der Waals surface area (Å²) in [5.74, 6) is 3.81. The number of nitrogens with zero attached hydrogens (tertiary/aromatic N) is 1.